The number of likely N-dealkylation sites (tertiary alicyclic amines) is 2. The third-order valence-corrected chi connectivity index (χ3v) is 5.76. The molecule has 0 spiro atoms. The van der Waals surface area contributed by atoms with Crippen molar-refractivity contribution in [2.75, 3.05) is 20.1 Å². The minimum absolute atomic E-state index is 0.117. The Morgan fingerprint density at radius 1 is 1.16 bits per heavy atom. The Morgan fingerprint density at radius 2 is 1.80 bits per heavy atom. The molecule has 0 unspecified atom stereocenters. The SMILES string of the molecule is CC(C)c1cc(C(=O)N2CCC[C@@H]2[C@@H]2CCCN2C)nn1C(C)(C)C. The van der Waals surface area contributed by atoms with Gasteiger partial charge in [0.2, 0.25) is 0 Å². The van der Waals surface area contributed by atoms with Crippen LogP contribution < -0.4 is 0 Å². The van der Waals surface area contributed by atoms with Crippen LogP contribution in [0.1, 0.15) is 82.4 Å². The molecule has 2 atom stereocenters. The minimum Gasteiger partial charge on any atom is -0.333 e. The third kappa shape index (κ3) is 3.48. The summed E-state index contributed by atoms with van der Waals surface area (Å²) in [6.07, 6.45) is 4.68. The van der Waals surface area contributed by atoms with Crippen LogP contribution in [0.25, 0.3) is 0 Å². The van der Waals surface area contributed by atoms with Crippen LogP contribution in [0.2, 0.25) is 0 Å². The summed E-state index contributed by atoms with van der Waals surface area (Å²) in [4.78, 5) is 17.8. The second-order valence-electron chi connectivity index (χ2n) is 9.09. The molecule has 0 N–H and O–H groups in total. The zero-order chi connectivity index (χ0) is 18.4. The molecule has 5 nitrogen and oxygen atoms in total. The lowest BCUT2D eigenvalue weighted by molar-refractivity contribution is 0.0657. The molecule has 3 heterocycles. The molecule has 0 saturated carbocycles. The van der Waals surface area contributed by atoms with Crippen molar-refractivity contribution in [2.24, 2.45) is 0 Å². The molecule has 2 saturated heterocycles. The van der Waals surface area contributed by atoms with Gasteiger partial charge in [0.05, 0.1) is 5.54 Å². The molecule has 0 aliphatic carbocycles. The summed E-state index contributed by atoms with van der Waals surface area (Å²) < 4.78 is 2.04. The average molecular weight is 347 g/mol. The maximum Gasteiger partial charge on any atom is 0.274 e. The van der Waals surface area contributed by atoms with Crippen molar-refractivity contribution in [1.82, 2.24) is 19.6 Å². The summed E-state index contributed by atoms with van der Waals surface area (Å²) in [7, 11) is 2.20. The van der Waals surface area contributed by atoms with E-state index in [4.69, 9.17) is 5.10 Å². The number of hydrogen-bond donors (Lipinski definition) is 0. The lowest BCUT2D eigenvalue weighted by Crippen LogP contribution is -2.47. The minimum atomic E-state index is -0.117. The van der Waals surface area contributed by atoms with Crippen LogP contribution in [0, 0.1) is 0 Å². The molecule has 0 bridgehead atoms. The normalized spacial score (nSPS) is 25.3. The fourth-order valence-electron chi connectivity index (χ4n) is 4.46. The summed E-state index contributed by atoms with van der Waals surface area (Å²) >= 11 is 0. The van der Waals surface area contributed by atoms with Crippen LogP contribution in [0.15, 0.2) is 6.07 Å². The van der Waals surface area contributed by atoms with Gasteiger partial charge in [0.15, 0.2) is 5.69 Å². The predicted octanol–water partition coefficient (Wildman–Crippen LogP) is 3.46. The Morgan fingerprint density at radius 3 is 2.32 bits per heavy atom. The number of nitrogens with zero attached hydrogens (tertiary/aromatic N) is 4. The fourth-order valence-corrected chi connectivity index (χ4v) is 4.46. The quantitative estimate of drug-likeness (QED) is 0.842. The molecule has 0 aromatic carbocycles. The number of likely N-dealkylation sites (N-methyl/N-ethyl adjacent to an activating group) is 1. The molecule has 2 aliphatic rings. The predicted molar refractivity (Wildman–Crippen MR) is 101 cm³/mol. The topological polar surface area (TPSA) is 41.4 Å². The van der Waals surface area contributed by atoms with Crippen LogP contribution in [0.4, 0.5) is 0 Å². The first-order valence-electron chi connectivity index (χ1n) is 9.82. The number of rotatable bonds is 3. The maximum absolute atomic E-state index is 13.3. The highest BCUT2D eigenvalue weighted by molar-refractivity contribution is 5.93. The summed E-state index contributed by atoms with van der Waals surface area (Å²) in [6, 6.07) is 2.88. The molecule has 5 heteroatoms. The van der Waals surface area contributed by atoms with Crippen LogP contribution in [-0.2, 0) is 5.54 Å². The highest BCUT2D eigenvalue weighted by atomic mass is 16.2. The largest absolute Gasteiger partial charge is 0.333 e. The lowest BCUT2D eigenvalue weighted by Gasteiger charge is -2.32. The van der Waals surface area contributed by atoms with E-state index in [0.29, 0.717) is 23.7 Å². The zero-order valence-corrected chi connectivity index (χ0v) is 16.7. The Labute approximate surface area is 152 Å². The number of aromatic nitrogens is 2. The van der Waals surface area contributed by atoms with Gasteiger partial charge in [-0.3, -0.25) is 9.48 Å². The second-order valence-corrected chi connectivity index (χ2v) is 9.09. The van der Waals surface area contributed by atoms with Crippen LogP contribution >= 0.6 is 0 Å². The average Bonchev–Trinajstić information content (AvgIpc) is 3.23. The van der Waals surface area contributed by atoms with Gasteiger partial charge in [-0.1, -0.05) is 13.8 Å². The third-order valence-electron chi connectivity index (χ3n) is 5.76. The van der Waals surface area contributed by atoms with Gasteiger partial charge in [0.1, 0.15) is 0 Å². The fraction of sp³-hybridized carbons (Fsp3) is 0.800. The Hall–Kier alpha value is -1.36. The highest BCUT2D eigenvalue weighted by Crippen LogP contribution is 2.31. The zero-order valence-electron chi connectivity index (χ0n) is 16.7. The van der Waals surface area contributed by atoms with Gasteiger partial charge in [-0.05, 0) is 72.0 Å². The first-order valence-corrected chi connectivity index (χ1v) is 9.82. The van der Waals surface area contributed by atoms with Gasteiger partial charge >= 0.3 is 0 Å². The van der Waals surface area contributed by atoms with E-state index < -0.39 is 0 Å². The molecule has 2 aliphatic heterocycles. The Balaban J connectivity index is 1.87. The van der Waals surface area contributed by atoms with E-state index in [1.165, 1.54) is 12.8 Å². The summed E-state index contributed by atoms with van der Waals surface area (Å²) in [5.41, 5.74) is 1.64. The molecular weight excluding hydrogens is 312 g/mol. The molecule has 3 rings (SSSR count). The smallest absolute Gasteiger partial charge is 0.274 e. The van der Waals surface area contributed by atoms with Crippen molar-refractivity contribution in [3.05, 3.63) is 17.5 Å². The monoisotopic (exact) mass is 346 g/mol. The van der Waals surface area contributed by atoms with E-state index in [9.17, 15) is 4.79 Å². The van der Waals surface area contributed by atoms with Crippen LogP contribution in [0.5, 0.6) is 0 Å². The first kappa shape index (κ1) is 18.4. The van der Waals surface area contributed by atoms with Gasteiger partial charge < -0.3 is 9.80 Å². The van der Waals surface area contributed by atoms with E-state index in [2.05, 4.69) is 51.5 Å². The molecule has 2 fully saturated rings. The van der Waals surface area contributed by atoms with E-state index in [0.717, 1.165) is 31.6 Å². The van der Waals surface area contributed by atoms with Crippen molar-refractivity contribution in [1.29, 1.82) is 0 Å². The van der Waals surface area contributed by atoms with E-state index in [-0.39, 0.29) is 11.4 Å². The number of carbonyl (C=O) groups excluding carboxylic acids is 1. The molecular formula is C20H34N4O. The van der Waals surface area contributed by atoms with E-state index in [1.54, 1.807) is 0 Å². The Kier molecular flexibility index (Phi) is 4.97. The van der Waals surface area contributed by atoms with Crippen molar-refractivity contribution in [3.8, 4) is 0 Å². The van der Waals surface area contributed by atoms with Crippen molar-refractivity contribution >= 4 is 5.91 Å². The van der Waals surface area contributed by atoms with Gasteiger partial charge in [0, 0.05) is 24.3 Å². The van der Waals surface area contributed by atoms with Gasteiger partial charge in [-0.2, -0.15) is 5.10 Å². The number of carbonyl (C=O) groups is 1. The summed E-state index contributed by atoms with van der Waals surface area (Å²) in [5.74, 6) is 0.469. The second kappa shape index (κ2) is 6.75. The summed E-state index contributed by atoms with van der Waals surface area (Å²) in [5, 5.41) is 4.74. The van der Waals surface area contributed by atoms with Crippen molar-refractivity contribution < 1.29 is 4.79 Å². The van der Waals surface area contributed by atoms with Crippen LogP contribution in [0.3, 0.4) is 0 Å². The Bertz CT molecular complexity index is 628. The van der Waals surface area contributed by atoms with Gasteiger partial charge in [0.25, 0.3) is 5.91 Å². The van der Waals surface area contributed by atoms with Gasteiger partial charge in [-0.15, -0.1) is 0 Å². The first-order chi connectivity index (χ1) is 11.7. The van der Waals surface area contributed by atoms with Crippen molar-refractivity contribution in [2.45, 2.75) is 83.8 Å². The lowest BCUT2D eigenvalue weighted by atomic mass is 10.0. The number of amides is 1. The van der Waals surface area contributed by atoms with Crippen molar-refractivity contribution in [3.63, 3.8) is 0 Å². The molecule has 140 valence electrons. The molecule has 25 heavy (non-hydrogen) atoms. The summed E-state index contributed by atoms with van der Waals surface area (Å²) in [6.45, 7) is 12.8. The molecule has 1 aromatic heterocycles. The van der Waals surface area contributed by atoms with Gasteiger partial charge in [-0.25, -0.2) is 0 Å². The molecule has 0 radical (unpaired) electrons. The standard InChI is InChI=1S/C20H34N4O/c1-14(2)18-13-15(21-24(18)20(3,4)5)19(25)23-12-8-10-17(23)16-9-7-11-22(16)6/h13-14,16-17H,7-12H2,1-6H3/t16-,17+/m0/s1. The molecule has 1 aromatic rings. The maximum atomic E-state index is 13.3. The number of hydrogen-bond acceptors (Lipinski definition) is 3. The van der Waals surface area contributed by atoms with E-state index in [1.807, 2.05) is 10.7 Å². The molecule has 1 amide bonds. The van der Waals surface area contributed by atoms with Crippen LogP contribution in [-0.4, -0.2) is 57.7 Å². The van der Waals surface area contributed by atoms with E-state index >= 15 is 0 Å². The highest BCUT2D eigenvalue weighted by Gasteiger charge is 2.39.